The number of aromatic carboxylic acids is 1. The molecule has 0 aromatic carbocycles. The van der Waals surface area contributed by atoms with Gasteiger partial charge in [0.25, 0.3) is 0 Å². The molecule has 1 unspecified atom stereocenters. The van der Waals surface area contributed by atoms with Gasteiger partial charge < -0.3 is 10.0 Å². The van der Waals surface area contributed by atoms with E-state index in [1.165, 1.54) is 37.3 Å². The van der Waals surface area contributed by atoms with Crippen LogP contribution < -0.4 is 0 Å². The molecule has 1 fully saturated rings. The van der Waals surface area contributed by atoms with Gasteiger partial charge in [0.1, 0.15) is 4.88 Å². The number of thiazole rings is 1. The highest BCUT2D eigenvalue weighted by atomic mass is 32.1. The molecule has 4 nitrogen and oxygen atoms in total. The average molecular weight is 254 g/mol. The van der Waals surface area contributed by atoms with Gasteiger partial charge in [-0.25, -0.2) is 9.78 Å². The summed E-state index contributed by atoms with van der Waals surface area (Å²) >= 11 is 1.32. The number of aryl methyl sites for hydroxylation is 1. The minimum atomic E-state index is -0.861. The van der Waals surface area contributed by atoms with E-state index in [1.807, 2.05) is 0 Å². The second-order valence-electron chi connectivity index (χ2n) is 4.68. The van der Waals surface area contributed by atoms with Gasteiger partial charge >= 0.3 is 5.97 Å². The number of nitrogens with zero attached hydrogens (tertiary/aromatic N) is 2. The van der Waals surface area contributed by atoms with Gasteiger partial charge in [0.05, 0.1) is 10.7 Å². The second-order valence-corrected chi connectivity index (χ2v) is 5.71. The molecule has 1 aliphatic heterocycles. The number of carbonyl (C=O) groups is 1. The molecule has 1 aliphatic rings. The van der Waals surface area contributed by atoms with Gasteiger partial charge in [-0.3, -0.25) is 0 Å². The van der Waals surface area contributed by atoms with Gasteiger partial charge in [-0.05, 0) is 32.9 Å². The first-order valence-electron chi connectivity index (χ1n) is 6.01. The van der Waals surface area contributed by atoms with E-state index in [0.29, 0.717) is 16.5 Å². The van der Waals surface area contributed by atoms with Crippen molar-refractivity contribution in [1.82, 2.24) is 9.88 Å². The monoisotopic (exact) mass is 254 g/mol. The Labute approximate surface area is 105 Å². The van der Waals surface area contributed by atoms with E-state index in [2.05, 4.69) is 16.8 Å². The molecule has 0 aliphatic carbocycles. The summed E-state index contributed by atoms with van der Waals surface area (Å²) in [6.45, 7) is 7.22. The van der Waals surface area contributed by atoms with Crippen molar-refractivity contribution in [2.75, 3.05) is 19.6 Å². The number of rotatable bonds is 4. The van der Waals surface area contributed by atoms with Crippen LogP contribution >= 0.6 is 11.3 Å². The van der Waals surface area contributed by atoms with Gasteiger partial charge in [-0.1, -0.05) is 6.92 Å². The molecule has 5 heteroatoms. The molecule has 94 valence electrons. The average Bonchev–Trinajstić information content (AvgIpc) is 2.86. The molecule has 0 bridgehead atoms. The number of hydrogen-bond acceptors (Lipinski definition) is 4. The van der Waals surface area contributed by atoms with Crippen LogP contribution in [0.5, 0.6) is 0 Å². The van der Waals surface area contributed by atoms with Crippen LogP contribution in [-0.2, 0) is 0 Å². The lowest BCUT2D eigenvalue weighted by Gasteiger charge is -2.18. The van der Waals surface area contributed by atoms with Crippen molar-refractivity contribution in [2.45, 2.75) is 32.6 Å². The molecule has 2 heterocycles. The van der Waals surface area contributed by atoms with Crippen LogP contribution in [0.2, 0.25) is 0 Å². The van der Waals surface area contributed by atoms with Crippen molar-refractivity contribution in [3.8, 4) is 0 Å². The van der Waals surface area contributed by atoms with Gasteiger partial charge in [0.15, 0.2) is 0 Å². The molecular formula is C12H18N2O2S. The maximum atomic E-state index is 11.0. The lowest BCUT2D eigenvalue weighted by molar-refractivity contribution is 0.0701. The smallest absolute Gasteiger partial charge is 0.347 e. The van der Waals surface area contributed by atoms with Gasteiger partial charge in [0.2, 0.25) is 0 Å². The molecule has 17 heavy (non-hydrogen) atoms. The van der Waals surface area contributed by atoms with E-state index in [4.69, 9.17) is 5.11 Å². The Balaban J connectivity index is 2.05. The maximum absolute atomic E-state index is 11.0. The maximum Gasteiger partial charge on any atom is 0.347 e. The molecule has 1 atom stereocenters. The fourth-order valence-electron chi connectivity index (χ4n) is 2.26. The summed E-state index contributed by atoms with van der Waals surface area (Å²) in [7, 11) is 0. The number of aromatic nitrogens is 1. The number of hydrogen-bond donors (Lipinski definition) is 1. The zero-order valence-electron chi connectivity index (χ0n) is 10.3. The van der Waals surface area contributed by atoms with E-state index in [0.717, 1.165) is 11.6 Å². The highest BCUT2D eigenvalue weighted by molar-refractivity contribution is 7.13. The third-order valence-electron chi connectivity index (χ3n) is 3.16. The van der Waals surface area contributed by atoms with Gasteiger partial charge in [-0.15, -0.1) is 11.3 Å². The topological polar surface area (TPSA) is 53.4 Å². The molecule has 0 spiro atoms. The highest BCUT2D eigenvalue weighted by Gasteiger charge is 2.21. The molecule has 0 radical (unpaired) electrons. The summed E-state index contributed by atoms with van der Waals surface area (Å²) in [5, 5.41) is 9.96. The standard InChI is InChI=1S/C12H18N2O2S/c1-8(7-14-5-3-4-6-14)11-13-9(2)10(17-11)12(15)16/h8H,3-7H2,1-2H3,(H,15,16). The van der Waals surface area contributed by atoms with Crippen molar-refractivity contribution >= 4 is 17.3 Å². The minimum Gasteiger partial charge on any atom is -0.477 e. The van der Waals surface area contributed by atoms with E-state index < -0.39 is 5.97 Å². The SMILES string of the molecule is Cc1nc(C(C)CN2CCCC2)sc1C(=O)O. The van der Waals surface area contributed by atoms with Crippen LogP contribution in [-0.4, -0.2) is 40.6 Å². The molecule has 1 N–H and O–H groups in total. The predicted octanol–water partition coefficient (Wildman–Crippen LogP) is 2.35. The van der Waals surface area contributed by atoms with Crippen molar-refractivity contribution in [3.05, 3.63) is 15.6 Å². The molecule has 0 amide bonds. The van der Waals surface area contributed by atoms with Crippen LogP contribution in [0, 0.1) is 6.92 Å². The summed E-state index contributed by atoms with van der Waals surface area (Å²) in [6.07, 6.45) is 2.56. The largest absolute Gasteiger partial charge is 0.477 e. The molecule has 2 rings (SSSR count). The predicted molar refractivity (Wildman–Crippen MR) is 67.9 cm³/mol. The summed E-state index contributed by atoms with van der Waals surface area (Å²) in [5.41, 5.74) is 0.644. The van der Waals surface area contributed by atoms with E-state index in [9.17, 15) is 4.79 Å². The van der Waals surface area contributed by atoms with Crippen LogP contribution in [0.4, 0.5) is 0 Å². The van der Waals surface area contributed by atoms with Crippen molar-refractivity contribution in [3.63, 3.8) is 0 Å². The Morgan fingerprint density at radius 1 is 1.53 bits per heavy atom. The van der Waals surface area contributed by atoms with Crippen LogP contribution in [0.25, 0.3) is 0 Å². The minimum absolute atomic E-state index is 0.324. The second kappa shape index (κ2) is 5.14. The summed E-state index contributed by atoms with van der Waals surface area (Å²) in [6, 6.07) is 0. The fourth-order valence-corrected chi connectivity index (χ4v) is 3.21. The van der Waals surface area contributed by atoms with Crippen LogP contribution in [0.3, 0.4) is 0 Å². The lowest BCUT2D eigenvalue weighted by Crippen LogP contribution is -2.24. The first kappa shape index (κ1) is 12.5. The molecule has 1 saturated heterocycles. The Hall–Kier alpha value is -0.940. The Morgan fingerprint density at radius 3 is 2.71 bits per heavy atom. The van der Waals surface area contributed by atoms with Crippen molar-refractivity contribution < 1.29 is 9.90 Å². The third kappa shape index (κ3) is 2.84. The Morgan fingerprint density at radius 2 is 2.18 bits per heavy atom. The highest BCUT2D eigenvalue weighted by Crippen LogP contribution is 2.26. The first-order valence-corrected chi connectivity index (χ1v) is 6.82. The number of carboxylic acids is 1. The van der Waals surface area contributed by atoms with Gasteiger partial charge in [0, 0.05) is 12.5 Å². The number of likely N-dealkylation sites (tertiary alicyclic amines) is 1. The molecular weight excluding hydrogens is 236 g/mol. The summed E-state index contributed by atoms with van der Waals surface area (Å²) in [5.74, 6) is -0.537. The van der Waals surface area contributed by atoms with E-state index in [1.54, 1.807) is 6.92 Å². The molecule has 0 saturated carbocycles. The number of carboxylic acid groups (broad SMARTS) is 1. The quantitative estimate of drug-likeness (QED) is 0.896. The van der Waals surface area contributed by atoms with Crippen LogP contribution in [0.1, 0.15) is 46.1 Å². The fraction of sp³-hybridized carbons (Fsp3) is 0.667. The van der Waals surface area contributed by atoms with Crippen LogP contribution in [0.15, 0.2) is 0 Å². The zero-order valence-corrected chi connectivity index (χ0v) is 11.1. The normalized spacial score (nSPS) is 18.5. The van der Waals surface area contributed by atoms with E-state index in [-0.39, 0.29) is 0 Å². The zero-order chi connectivity index (χ0) is 12.4. The van der Waals surface area contributed by atoms with Gasteiger partial charge in [-0.2, -0.15) is 0 Å². The summed E-state index contributed by atoms with van der Waals surface area (Å²) in [4.78, 5) is 18.2. The first-order chi connectivity index (χ1) is 8.08. The van der Waals surface area contributed by atoms with Crippen molar-refractivity contribution in [2.24, 2.45) is 0 Å². The summed E-state index contributed by atoms with van der Waals surface area (Å²) < 4.78 is 0. The lowest BCUT2D eigenvalue weighted by atomic mass is 10.2. The van der Waals surface area contributed by atoms with Crippen molar-refractivity contribution in [1.29, 1.82) is 0 Å². The Bertz CT molecular complexity index is 411. The molecule has 1 aromatic rings. The van der Waals surface area contributed by atoms with E-state index >= 15 is 0 Å². The Kier molecular flexibility index (Phi) is 3.79. The third-order valence-corrected chi connectivity index (χ3v) is 4.54. The molecule has 1 aromatic heterocycles.